The summed E-state index contributed by atoms with van der Waals surface area (Å²) in [5, 5.41) is 21.4. The molecule has 1 saturated carbocycles. The number of nitrogens with zero attached hydrogens (tertiary/aromatic N) is 1. The second kappa shape index (κ2) is 6.68. The van der Waals surface area contributed by atoms with Crippen LogP contribution in [-0.2, 0) is 4.79 Å². The van der Waals surface area contributed by atoms with Crippen LogP contribution in [0.3, 0.4) is 0 Å². The van der Waals surface area contributed by atoms with Crippen LogP contribution >= 0.6 is 0 Å². The Balaban J connectivity index is 1.94. The van der Waals surface area contributed by atoms with Gasteiger partial charge in [0.05, 0.1) is 12.5 Å². The standard InChI is InChI=1S/C14H26N2O3/c1-10(11-3-2-4-11)16-8-12(14(18)19)7-13(9-16)15-5-6-17/h10-13,15,17H,2-9H2,1H3,(H,18,19). The Morgan fingerprint density at radius 3 is 2.68 bits per heavy atom. The van der Waals surface area contributed by atoms with Gasteiger partial charge in [-0.25, -0.2) is 0 Å². The van der Waals surface area contributed by atoms with E-state index in [4.69, 9.17) is 5.11 Å². The fraction of sp³-hybridized carbons (Fsp3) is 0.929. The summed E-state index contributed by atoms with van der Waals surface area (Å²) >= 11 is 0. The Kier molecular flexibility index (Phi) is 5.19. The van der Waals surface area contributed by atoms with Crippen molar-refractivity contribution in [2.24, 2.45) is 11.8 Å². The van der Waals surface area contributed by atoms with Gasteiger partial charge in [0.2, 0.25) is 0 Å². The highest BCUT2D eigenvalue weighted by atomic mass is 16.4. The minimum Gasteiger partial charge on any atom is -0.481 e. The lowest BCUT2D eigenvalue weighted by Gasteiger charge is -2.44. The van der Waals surface area contributed by atoms with Gasteiger partial charge >= 0.3 is 5.97 Å². The number of piperidine rings is 1. The number of aliphatic carboxylic acids is 1. The van der Waals surface area contributed by atoms with E-state index in [0.29, 0.717) is 25.6 Å². The summed E-state index contributed by atoms with van der Waals surface area (Å²) in [6, 6.07) is 0.666. The van der Waals surface area contributed by atoms with E-state index in [0.717, 1.165) is 12.5 Å². The van der Waals surface area contributed by atoms with Crippen molar-refractivity contribution in [2.45, 2.75) is 44.7 Å². The highest BCUT2D eigenvalue weighted by molar-refractivity contribution is 5.70. The SMILES string of the molecule is CC(C1CCC1)N1CC(NCCO)CC(C(=O)O)C1. The van der Waals surface area contributed by atoms with Crippen LogP contribution in [0.2, 0.25) is 0 Å². The summed E-state index contributed by atoms with van der Waals surface area (Å²) in [5.74, 6) is -0.236. The number of carbonyl (C=O) groups is 1. The Bertz CT molecular complexity index is 307. The van der Waals surface area contributed by atoms with Crippen LogP contribution in [0.1, 0.15) is 32.6 Å². The summed E-state index contributed by atoms with van der Waals surface area (Å²) in [5.41, 5.74) is 0. The molecular weight excluding hydrogens is 244 g/mol. The minimum atomic E-state index is -0.693. The van der Waals surface area contributed by atoms with E-state index in [-0.39, 0.29) is 18.6 Å². The van der Waals surface area contributed by atoms with Crippen LogP contribution in [0.5, 0.6) is 0 Å². The lowest BCUT2D eigenvalue weighted by Crippen LogP contribution is -2.55. The highest BCUT2D eigenvalue weighted by Gasteiger charge is 2.36. The van der Waals surface area contributed by atoms with E-state index >= 15 is 0 Å². The van der Waals surface area contributed by atoms with E-state index in [1.54, 1.807) is 0 Å². The predicted molar refractivity (Wildman–Crippen MR) is 73.0 cm³/mol. The van der Waals surface area contributed by atoms with Gasteiger partial charge in [0.25, 0.3) is 0 Å². The molecule has 0 amide bonds. The Morgan fingerprint density at radius 1 is 1.42 bits per heavy atom. The summed E-state index contributed by atoms with van der Waals surface area (Å²) in [7, 11) is 0. The second-order valence-electron chi connectivity index (χ2n) is 6.03. The molecule has 2 aliphatic rings. The lowest BCUT2D eigenvalue weighted by molar-refractivity contribution is -0.144. The first-order valence-electron chi connectivity index (χ1n) is 7.43. The first-order valence-corrected chi connectivity index (χ1v) is 7.43. The van der Waals surface area contributed by atoms with Crippen molar-refractivity contribution < 1.29 is 15.0 Å². The first-order chi connectivity index (χ1) is 9.11. The number of aliphatic hydroxyl groups is 1. The number of likely N-dealkylation sites (tertiary alicyclic amines) is 1. The molecule has 2 rings (SSSR count). The Hall–Kier alpha value is -0.650. The largest absolute Gasteiger partial charge is 0.481 e. The molecule has 0 bridgehead atoms. The zero-order valence-electron chi connectivity index (χ0n) is 11.7. The van der Waals surface area contributed by atoms with E-state index in [9.17, 15) is 9.90 Å². The van der Waals surface area contributed by atoms with Gasteiger partial charge in [0.15, 0.2) is 0 Å². The highest BCUT2D eigenvalue weighted by Crippen LogP contribution is 2.33. The van der Waals surface area contributed by atoms with Crippen molar-refractivity contribution in [1.82, 2.24) is 10.2 Å². The number of carboxylic acids is 1. The molecule has 0 aromatic heterocycles. The maximum Gasteiger partial charge on any atom is 0.307 e. The van der Waals surface area contributed by atoms with Crippen molar-refractivity contribution >= 4 is 5.97 Å². The van der Waals surface area contributed by atoms with Crippen molar-refractivity contribution in [1.29, 1.82) is 0 Å². The Morgan fingerprint density at radius 2 is 2.16 bits per heavy atom. The van der Waals surface area contributed by atoms with Gasteiger partial charge < -0.3 is 15.5 Å². The molecule has 5 heteroatoms. The number of aliphatic hydroxyl groups excluding tert-OH is 1. The average molecular weight is 270 g/mol. The molecule has 1 aliphatic heterocycles. The predicted octanol–water partition coefficient (Wildman–Crippen LogP) is 0.532. The summed E-state index contributed by atoms with van der Waals surface area (Å²) < 4.78 is 0. The molecule has 0 aromatic rings. The number of nitrogens with one attached hydrogen (secondary N) is 1. The first kappa shape index (κ1) is 14.8. The molecule has 5 nitrogen and oxygen atoms in total. The maximum atomic E-state index is 11.3. The van der Waals surface area contributed by atoms with Gasteiger partial charge in [0, 0.05) is 31.7 Å². The maximum absolute atomic E-state index is 11.3. The molecule has 0 aromatic carbocycles. The zero-order valence-corrected chi connectivity index (χ0v) is 11.7. The van der Waals surface area contributed by atoms with E-state index in [1.165, 1.54) is 19.3 Å². The molecule has 1 saturated heterocycles. The van der Waals surface area contributed by atoms with Crippen LogP contribution in [0, 0.1) is 11.8 Å². The van der Waals surface area contributed by atoms with E-state index < -0.39 is 5.97 Å². The van der Waals surface area contributed by atoms with Crippen molar-refractivity contribution in [3.63, 3.8) is 0 Å². The average Bonchev–Trinajstić information content (AvgIpc) is 2.33. The summed E-state index contributed by atoms with van der Waals surface area (Å²) in [6.45, 7) is 4.46. The number of rotatable bonds is 6. The van der Waals surface area contributed by atoms with Crippen molar-refractivity contribution in [3.8, 4) is 0 Å². The quantitative estimate of drug-likeness (QED) is 0.657. The molecule has 2 fully saturated rings. The number of hydrogen-bond donors (Lipinski definition) is 3. The fourth-order valence-corrected chi connectivity index (χ4v) is 3.28. The van der Waals surface area contributed by atoms with Gasteiger partial charge in [-0.2, -0.15) is 0 Å². The molecule has 3 unspecified atom stereocenters. The van der Waals surface area contributed by atoms with Gasteiger partial charge in [0.1, 0.15) is 0 Å². The van der Waals surface area contributed by atoms with Crippen LogP contribution < -0.4 is 5.32 Å². The third-order valence-corrected chi connectivity index (χ3v) is 4.78. The second-order valence-corrected chi connectivity index (χ2v) is 6.03. The Labute approximate surface area is 115 Å². The van der Waals surface area contributed by atoms with Crippen molar-refractivity contribution in [2.75, 3.05) is 26.2 Å². The smallest absolute Gasteiger partial charge is 0.307 e. The van der Waals surface area contributed by atoms with E-state index in [1.807, 2.05) is 0 Å². The van der Waals surface area contributed by atoms with Crippen LogP contribution in [0.25, 0.3) is 0 Å². The van der Waals surface area contributed by atoms with Gasteiger partial charge in [-0.15, -0.1) is 0 Å². The number of hydrogen-bond acceptors (Lipinski definition) is 4. The molecule has 3 atom stereocenters. The summed E-state index contributed by atoms with van der Waals surface area (Å²) in [4.78, 5) is 13.6. The summed E-state index contributed by atoms with van der Waals surface area (Å²) in [6.07, 6.45) is 4.55. The molecule has 0 radical (unpaired) electrons. The number of carboxylic acid groups (broad SMARTS) is 1. The lowest BCUT2D eigenvalue weighted by atomic mass is 9.78. The molecular formula is C14H26N2O3. The van der Waals surface area contributed by atoms with Gasteiger partial charge in [-0.1, -0.05) is 6.42 Å². The molecule has 1 aliphatic carbocycles. The van der Waals surface area contributed by atoms with Crippen molar-refractivity contribution in [3.05, 3.63) is 0 Å². The normalized spacial score (nSPS) is 30.8. The van der Waals surface area contributed by atoms with E-state index in [2.05, 4.69) is 17.1 Å². The van der Waals surface area contributed by atoms with Gasteiger partial charge in [-0.3, -0.25) is 9.69 Å². The van der Waals surface area contributed by atoms with Crippen LogP contribution in [-0.4, -0.2) is 59.4 Å². The fourth-order valence-electron chi connectivity index (χ4n) is 3.28. The third kappa shape index (κ3) is 3.68. The molecule has 110 valence electrons. The molecule has 0 spiro atoms. The zero-order chi connectivity index (χ0) is 13.8. The molecule has 1 heterocycles. The van der Waals surface area contributed by atoms with Crippen LogP contribution in [0.4, 0.5) is 0 Å². The van der Waals surface area contributed by atoms with Crippen LogP contribution in [0.15, 0.2) is 0 Å². The van der Waals surface area contributed by atoms with Gasteiger partial charge in [-0.05, 0) is 32.1 Å². The molecule has 3 N–H and O–H groups in total. The molecule has 19 heavy (non-hydrogen) atoms. The topological polar surface area (TPSA) is 72.8 Å². The third-order valence-electron chi connectivity index (χ3n) is 4.78. The minimum absolute atomic E-state index is 0.104. The monoisotopic (exact) mass is 270 g/mol.